The van der Waals surface area contributed by atoms with Crippen molar-refractivity contribution >= 4 is 11.8 Å². The van der Waals surface area contributed by atoms with E-state index in [1.807, 2.05) is 6.92 Å². The monoisotopic (exact) mass is 239 g/mol. The summed E-state index contributed by atoms with van der Waals surface area (Å²) in [7, 11) is 1.53. The smallest absolute Gasteiger partial charge is 0.271 e. The van der Waals surface area contributed by atoms with Gasteiger partial charge < -0.3 is 5.32 Å². The molecule has 0 aromatic carbocycles. The maximum absolute atomic E-state index is 11.6. The first-order valence-electron chi connectivity index (χ1n) is 5.41. The summed E-state index contributed by atoms with van der Waals surface area (Å²) in [4.78, 5) is 22.9. The third-order valence-corrected chi connectivity index (χ3v) is 2.39. The number of hydrogen-bond donors (Lipinski definition) is 3. The minimum Gasteiger partial charge on any atom is -0.354 e. The van der Waals surface area contributed by atoms with Crippen LogP contribution in [0.25, 0.3) is 0 Å². The van der Waals surface area contributed by atoms with Crippen molar-refractivity contribution in [2.24, 2.45) is 5.84 Å². The fourth-order valence-electron chi connectivity index (χ4n) is 1.51. The molecule has 1 aromatic rings. The lowest BCUT2D eigenvalue weighted by molar-refractivity contribution is -0.124. The molecule has 0 aliphatic rings. The topological polar surface area (TPSA) is 102 Å². The molecule has 1 rings (SSSR count). The van der Waals surface area contributed by atoms with Crippen molar-refractivity contribution in [1.82, 2.24) is 20.5 Å². The first-order valence-corrected chi connectivity index (χ1v) is 5.41. The van der Waals surface area contributed by atoms with Gasteiger partial charge in [-0.1, -0.05) is 13.3 Å². The largest absolute Gasteiger partial charge is 0.354 e. The average Bonchev–Trinajstić information content (AvgIpc) is 2.83. The second kappa shape index (κ2) is 6.00. The number of carbonyl (C=O) groups excluding carboxylic acids is 2. The van der Waals surface area contributed by atoms with Crippen LogP contribution in [0.4, 0.5) is 0 Å². The number of nitrogens with two attached hydrogens (primary N) is 1. The highest BCUT2D eigenvalue weighted by Crippen LogP contribution is 2.13. The van der Waals surface area contributed by atoms with E-state index in [1.54, 1.807) is 12.3 Å². The van der Waals surface area contributed by atoms with Gasteiger partial charge in [0.15, 0.2) is 0 Å². The van der Waals surface area contributed by atoms with Gasteiger partial charge in [0.2, 0.25) is 0 Å². The molecule has 4 N–H and O–H groups in total. The number of rotatable bonds is 5. The summed E-state index contributed by atoms with van der Waals surface area (Å²) < 4.78 is 1.45. The molecule has 0 bridgehead atoms. The standard InChI is InChI=1S/C10H17N5O2/c1-3-4-8(10(17)13-11)15-6-5-7(14-15)9(16)12-2/h5-6,8H,3-4,11H2,1-2H3,(H,12,16)(H,13,17). The van der Waals surface area contributed by atoms with Crippen molar-refractivity contribution in [2.45, 2.75) is 25.8 Å². The van der Waals surface area contributed by atoms with Gasteiger partial charge in [0.05, 0.1) is 0 Å². The third kappa shape index (κ3) is 3.04. The van der Waals surface area contributed by atoms with E-state index in [4.69, 9.17) is 5.84 Å². The molecule has 7 heteroatoms. The first-order chi connectivity index (χ1) is 8.13. The molecule has 94 valence electrons. The van der Waals surface area contributed by atoms with Crippen LogP contribution in [0.1, 0.15) is 36.3 Å². The van der Waals surface area contributed by atoms with Crippen LogP contribution >= 0.6 is 0 Å². The van der Waals surface area contributed by atoms with Gasteiger partial charge in [-0.3, -0.25) is 19.7 Å². The zero-order valence-electron chi connectivity index (χ0n) is 9.93. The van der Waals surface area contributed by atoms with Crippen LogP contribution in [0.5, 0.6) is 0 Å². The Hall–Kier alpha value is -1.89. The van der Waals surface area contributed by atoms with E-state index in [-0.39, 0.29) is 17.5 Å². The highest BCUT2D eigenvalue weighted by Gasteiger charge is 2.20. The summed E-state index contributed by atoms with van der Waals surface area (Å²) >= 11 is 0. The molecular formula is C10H17N5O2. The van der Waals surface area contributed by atoms with Crippen LogP contribution in [0, 0.1) is 0 Å². The summed E-state index contributed by atoms with van der Waals surface area (Å²) in [5.41, 5.74) is 2.38. The van der Waals surface area contributed by atoms with Gasteiger partial charge in [-0.15, -0.1) is 0 Å². The lowest BCUT2D eigenvalue weighted by Crippen LogP contribution is -2.37. The Balaban J connectivity index is 2.91. The number of carbonyl (C=O) groups is 2. The molecule has 0 aliphatic heterocycles. The average molecular weight is 239 g/mol. The van der Waals surface area contributed by atoms with E-state index in [2.05, 4.69) is 15.8 Å². The molecule has 2 amide bonds. The molecular weight excluding hydrogens is 222 g/mol. The maximum Gasteiger partial charge on any atom is 0.271 e. The van der Waals surface area contributed by atoms with Crippen molar-refractivity contribution in [3.63, 3.8) is 0 Å². The van der Waals surface area contributed by atoms with Gasteiger partial charge in [0.1, 0.15) is 11.7 Å². The Kier molecular flexibility index (Phi) is 4.65. The second-order valence-corrected chi connectivity index (χ2v) is 3.57. The zero-order valence-corrected chi connectivity index (χ0v) is 9.93. The van der Waals surface area contributed by atoms with Crippen LogP contribution in [0.2, 0.25) is 0 Å². The highest BCUT2D eigenvalue weighted by molar-refractivity contribution is 5.92. The molecule has 0 saturated heterocycles. The normalized spacial score (nSPS) is 11.9. The summed E-state index contributed by atoms with van der Waals surface area (Å²) in [6.45, 7) is 1.96. The molecule has 0 saturated carbocycles. The molecule has 0 spiro atoms. The SMILES string of the molecule is CCCC(C(=O)NN)n1ccc(C(=O)NC)n1. The van der Waals surface area contributed by atoms with E-state index in [1.165, 1.54) is 11.7 Å². The molecule has 1 aromatic heterocycles. The third-order valence-electron chi connectivity index (χ3n) is 2.39. The molecule has 0 radical (unpaired) electrons. The fourth-order valence-corrected chi connectivity index (χ4v) is 1.51. The van der Waals surface area contributed by atoms with E-state index < -0.39 is 6.04 Å². The Labute approximate surface area is 99.3 Å². The minimum atomic E-state index is -0.483. The molecule has 0 aliphatic carbocycles. The summed E-state index contributed by atoms with van der Waals surface area (Å²) in [6.07, 6.45) is 3.02. The zero-order chi connectivity index (χ0) is 12.8. The van der Waals surface area contributed by atoms with Crippen molar-refractivity contribution in [3.05, 3.63) is 18.0 Å². The molecule has 1 heterocycles. The number of nitrogens with zero attached hydrogens (tertiary/aromatic N) is 2. The Morgan fingerprint density at radius 3 is 2.82 bits per heavy atom. The fraction of sp³-hybridized carbons (Fsp3) is 0.500. The summed E-state index contributed by atoms with van der Waals surface area (Å²) in [5.74, 6) is 4.51. The number of nitrogens with one attached hydrogen (secondary N) is 2. The molecule has 0 fully saturated rings. The lowest BCUT2D eigenvalue weighted by Gasteiger charge is -2.14. The van der Waals surface area contributed by atoms with Gasteiger partial charge in [-0.05, 0) is 12.5 Å². The van der Waals surface area contributed by atoms with Crippen molar-refractivity contribution in [2.75, 3.05) is 7.05 Å². The summed E-state index contributed by atoms with van der Waals surface area (Å²) in [6, 6.07) is 1.08. The molecule has 17 heavy (non-hydrogen) atoms. The Morgan fingerprint density at radius 1 is 1.59 bits per heavy atom. The molecule has 7 nitrogen and oxygen atoms in total. The Bertz CT molecular complexity index is 401. The van der Waals surface area contributed by atoms with Gasteiger partial charge in [0, 0.05) is 13.2 Å². The predicted molar refractivity (Wildman–Crippen MR) is 61.9 cm³/mol. The second-order valence-electron chi connectivity index (χ2n) is 3.57. The van der Waals surface area contributed by atoms with E-state index in [0.717, 1.165) is 6.42 Å². The van der Waals surface area contributed by atoms with Crippen LogP contribution in [0.3, 0.4) is 0 Å². The maximum atomic E-state index is 11.6. The predicted octanol–water partition coefficient (Wildman–Crippen LogP) is -0.426. The number of aromatic nitrogens is 2. The van der Waals surface area contributed by atoms with Gasteiger partial charge in [-0.25, -0.2) is 5.84 Å². The number of amides is 2. The van der Waals surface area contributed by atoms with E-state index >= 15 is 0 Å². The van der Waals surface area contributed by atoms with Crippen LogP contribution in [-0.4, -0.2) is 28.6 Å². The van der Waals surface area contributed by atoms with Crippen LogP contribution < -0.4 is 16.6 Å². The first kappa shape index (κ1) is 13.2. The van der Waals surface area contributed by atoms with Crippen LogP contribution in [0.15, 0.2) is 12.3 Å². The quantitative estimate of drug-likeness (QED) is 0.369. The van der Waals surface area contributed by atoms with E-state index in [0.29, 0.717) is 6.42 Å². The number of hydrazine groups is 1. The minimum absolute atomic E-state index is 0.276. The van der Waals surface area contributed by atoms with Crippen molar-refractivity contribution < 1.29 is 9.59 Å². The van der Waals surface area contributed by atoms with Crippen LogP contribution in [-0.2, 0) is 4.79 Å². The Morgan fingerprint density at radius 2 is 2.29 bits per heavy atom. The van der Waals surface area contributed by atoms with Gasteiger partial charge >= 0.3 is 0 Å². The van der Waals surface area contributed by atoms with Crippen molar-refractivity contribution in [3.8, 4) is 0 Å². The lowest BCUT2D eigenvalue weighted by atomic mass is 10.1. The highest BCUT2D eigenvalue weighted by atomic mass is 16.2. The molecule has 1 atom stereocenters. The van der Waals surface area contributed by atoms with E-state index in [9.17, 15) is 9.59 Å². The summed E-state index contributed by atoms with van der Waals surface area (Å²) in [5, 5.41) is 6.53. The van der Waals surface area contributed by atoms with Crippen molar-refractivity contribution in [1.29, 1.82) is 0 Å². The van der Waals surface area contributed by atoms with Gasteiger partial charge in [-0.2, -0.15) is 5.10 Å². The molecule has 1 unspecified atom stereocenters. The number of hydrogen-bond acceptors (Lipinski definition) is 4. The van der Waals surface area contributed by atoms with Gasteiger partial charge in [0.25, 0.3) is 11.8 Å².